The van der Waals surface area contributed by atoms with Gasteiger partial charge in [-0.05, 0) is 43.9 Å². The van der Waals surface area contributed by atoms with Gasteiger partial charge in [-0.15, -0.1) is 0 Å². The number of rotatable bonds is 4. The molecule has 3 rings (SSSR count). The first-order valence-electron chi connectivity index (χ1n) is 6.87. The molecule has 0 radical (unpaired) electrons. The van der Waals surface area contributed by atoms with Crippen LogP contribution in [0.25, 0.3) is 10.9 Å². The van der Waals surface area contributed by atoms with Crippen LogP contribution in [0.3, 0.4) is 0 Å². The van der Waals surface area contributed by atoms with Crippen LogP contribution in [0.4, 0.5) is 0 Å². The predicted octanol–water partition coefficient (Wildman–Crippen LogP) is 3.40. The van der Waals surface area contributed by atoms with E-state index in [1.54, 1.807) is 0 Å². The number of amides is 1. The molecular weight excluding hydrogens is 236 g/mol. The van der Waals surface area contributed by atoms with Gasteiger partial charge in [0.05, 0.1) is 0 Å². The molecule has 3 nitrogen and oxygen atoms in total. The summed E-state index contributed by atoms with van der Waals surface area (Å²) in [6.07, 6.45) is 8.82. The van der Waals surface area contributed by atoms with Gasteiger partial charge in [0.1, 0.15) is 0 Å². The van der Waals surface area contributed by atoms with E-state index < -0.39 is 0 Å². The van der Waals surface area contributed by atoms with Gasteiger partial charge < -0.3 is 10.3 Å². The Morgan fingerprint density at radius 3 is 3.11 bits per heavy atom. The lowest BCUT2D eigenvalue weighted by Gasteiger charge is -2.07. The molecule has 1 aromatic heterocycles. The average Bonchev–Trinajstić information content (AvgIpc) is 3.08. The summed E-state index contributed by atoms with van der Waals surface area (Å²) >= 11 is 0. The highest BCUT2D eigenvalue weighted by atomic mass is 16.1. The van der Waals surface area contributed by atoms with Crippen molar-refractivity contribution in [3.8, 4) is 0 Å². The minimum atomic E-state index is 0.0174. The molecule has 98 valence electrons. The molecular formula is C16H18N2O. The molecule has 0 atom stereocenters. The SMILES string of the molecule is O=C(NCCC1=CCCC1)c1cccc2[nH]ccc12. The van der Waals surface area contributed by atoms with E-state index in [1.165, 1.54) is 24.8 Å². The standard InChI is InChI=1S/C16H18N2O/c19-16(18-10-8-12-4-1-2-5-12)14-6-3-7-15-13(14)9-11-17-15/h3-4,6-7,9,11,17H,1-2,5,8,10H2,(H,18,19). The fraction of sp³-hybridized carbons (Fsp3) is 0.312. The van der Waals surface area contributed by atoms with Crippen LogP contribution < -0.4 is 5.32 Å². The zero-order valence-electron chi connectivity index (χ0n) is 10.9. The van der Waals surface area contributed by atoms with Gasteiger partial charge >= 0.3 is 0 Å². The van der Waals surface area contributed by atoms with Gasteiger partial charge in [-0.25, -0.2) is 0 Å². The number of allylic oxidation sites excluding steroid dienone is 1. The molecule has 0 bridgehead atoms. The Bertz CT molecular complexity index is 624. The monoisotopic (exact) mass is 254 g/mol. The summed E-state index contributed by atoms with van der Waals surface area (Å²) in [5.41, 5.74) is 3.24. The molecule has 0 fully saturated rings. The summed E-state index contributed by atoms with van der Waals surface area (Å²) in [6, 6.07) is 7.72. The van der Waals surface area contributed by atoms with Crippen molar-refractivity contribution in [2.75, 3.05) is 6.54 Å². The lowest BCUT2D eigenvalue weighted by molar-refractivity contribution is 0.0956. The molecule has 1 heterocycles. The van der Waals surface area contributed by atoms with Crippen molar-refractivity contribution in [2.45, 2.75) is 25.7 Å². The Labute approximate surface area is 112 Å². The van der Waals surface area contributed by atoms with E-state index in [9.17, 15) is 4.79 Å². The van der Waals surface area contributed by atoms with Crippen LogP contribution in [0.1, 0.15) is 36.0 Å². The first-order valence-corrected chi connectivity index (χ1v) is 6.87. The maximum atomic E-state index is 12.2. The van der Waals surface area contributed by atoms with Gasteiger partial charge in [0, 0.05) is 29.2 Å². The van der Waals surface area contributed by atoms with Crippen molar-refractivity contribution in [3.05, 3.63) is 47.7 Å². The van der Waals surface area contributed by atoms with Crippen molar-refractivity contribution >= 4 is 16.8 Å². The van der Waals surface area contributed by atoms with Crippen molar-refractivity contribution in [2.24, 2.45) is 0 Å². The second kappa shape index (κ2) is 5.31. The zero-order valence-corrected chi connectivity index (χ0v) is 10.9. The van der Waals surface area contributed by atoms with Gasteiger partial charge in [-0.3, -0.25) is 4.79 Å². The number of aromatic nitrogens is 1. The third kappa shape index (κ3) is 2.55. The van der Waals surface area contributed by atoms with E-state index >= 15 is 0 Å². The minimum Gasteiger partial charge on any atom is -0.361 e. The number of H-pyrrole nitrogens is 1. The number of nitrogens with one attached hydrogen (secondary N) is 2. The quantitative estimate of drug-likeness (QED) is 0.807. The second-order valence-electron chi connectivity index (χ2n) is 5.00. The first kappa shape index (κ1) is 12.0. The normalized spacial score (nSPS) is 14.6. The van der Waals surface area contributed by atoms with E-state index in [4.69, 9.17) is 0 Å². The highest BCUT2D eigenvalue weighted by molar-refractivity contribution is 6.06. The highest BCUT2D eigenvalue weighted by Gasteiger charge is 2.10. The summed E-state index contributed by atoms with van der Waals surface area (Å²) in [5, 5.41) is 4.00. The van der Waals surface area contributed by atoms with Crippen LogP contribution in [0.5, 0.6) is 0 Å². The number of carbonyl (C=O) groups is 1. The van der Waals surface area contributed by atoms with Gasteiger partial charge in [0.15, 0.2) is 0 Å². The molecule has 2 N–H and O–H groups in total. The molecule has 0 saturated heterocycles. The van der Waals surface area contributed by atoms with Crippen LogP contribution in [0.2, 0.25) is 0 Å². The van der Waals surface area contributed by atoms with Crippen LogP contribution in [-0.2, 0) is 0 Å². The maximum absolute atomic E-state index is 12.2. The Kier molecular flexibility index (Phi) is 3.36. The molecule has 0 aliphatic heterocycles. The van der Waals surface area contributed by atoms with E-state index in [0.717, 1.165) is 29.4 Å². The molecule has 1 aliphatic rings. The highest BCUT2D eigenvalue weighted by Crippen LogP contribution is 2.20. The first-order chi connectivity index (χ1) is 9.34. The molecule has 1 amide bonds. The Hall–Kier alpha value is -2.03. The number of fused-ring (bicyclic) bond motifs is 1. The van der Waals surface area contributed by atoms with Gasteiger partial charge in [-0.2, -0.15) is 0 Å². The zero-order chi connectivity index (χ0) is 13.1. The van der Waals surface area contributed by atoms with Crippen LogP contribution in [-0.4, -0.2) is 17.4 Å². The number of aromatic amines is 1. The topological polar surface area (TPSA) is 44.9 Å². The summed E-state index contributed by atoms with van der Waals surface area (Å²) in [6.45, 7) is 0.728. The van der Waals surface area contributed by atoms with Gasteiger partial charge in [0.2, 0.25) is 0 Å². The summed E-state index contributed by atoms with van der Waals surface area (Å²) < 4.78 is 0. The molecule has 19 heavy (non-hydrogen) atoms. The van der Waals surface area contributed by atoms with E-state index in [2.05, 4.69) is 16.4 Å². The fourth-order valence-electron chi connectivity index (χ4n) is 2.68. The molecule has 3 heteroatoms. The third-order valence-corrected chi connectivity index (χ3v) is 3.71. The van der Waals surface area contributed by atoms with Crippen molar-refractivity contribution in [1.29, 1.82) is 0 Å². The fourth-order valence-corrected chi connectivity index (χ4v) is 2.68. The lowest BCUT2D eigenvalue weighted by atomic mass is 10.1. The number of hydrogen-bond acceptors (Lipinski definition) is 1. The predicted molar refractivity (Wildman–Crippen MR) is 77.2 cm³/mol. The number of carbonyl (C=O) groups excluding carboxylic acids is 1. The Morgan fingerprint density at radius 2 is 2.26 bits per heavy atom. The Balaban J connectivity index is 1.65. The van der Waals surface area contributed by atoms with Gasteiger partial charge in [0.25, 0.3) is 5.91 Å². The van der Waals surface area contributed by atoms with Crippen LogP contribution >= 0.6 is 0 Å². The maximum Gasteiger partial charge on any atom is 0.251 e. The second-order valence-corrected chi connectivity index (χ2v) is 5.00. The minimum absolute atomic E-state index is 0.0174. The molecule has 0 saturated carbocycles. The number of benzene rings is 1. The lowest BCUT2D eigenvalue weighted by Crippen LogP contribution is -2.24. The van der Waals surface area contributed by atoms with Crippen molar-refractivity contribution in [1.82, 2.24) is 10.3 Å². The summed E-state index contributed by atoms with van der Waals surface area (Å²) in [5.74, 6) is 0.0174. The molecule has 1 aromatic carbocycles. The molecule has 0 unspecified atom stereocenters. The largest absolute Gasteiger partial charge is 0.361 e. The van der Waals surface area contributed by atoms with Crippen LogP contribution in [0, 0.1) is 0 Å². The van der Waals surface area contributed by atoms with Crippen molar-refractivity contribution in [3.63, 3.8) is 0 Å². The average molecular weight is 254 g/mol. The molecule has 2 aromatic rings. The summed E-state index contributed by atoms with van der Waals surface area (Å²) in [4.78, 5) is 15.3. The molecule has 0 spiro atoms. The van der Waals surface area contributed by atoms with E-state index in [1.807, 2.05) is 30.5 Å². The van der Waals surface area contributed by atoms with Gasteiger partial charge in [-0.1, -0.05) is 17.7 Å². The summed E-state index contributed by atoms with van der Waals surface area (Å²) in [7, 11) is 0. The van der Waals surface area contributed by atoms with E-state index in [-0.39, 0.29) is 5.91 Å². The Morgan fingerprint density at radius 1 is 1.32 bits per heavy atom. The molecule has 1 aliphatic carbocycles. The van der Waals surface area contributed by atoms with Crippen molar-refractivity contribution < 1.29 is 4.79 Å². The van der Waals surface area contributed by atoms with Crippen LogP contribution in [0.15, 0.2) is 42.1 Å². The van der Waals surface area contributed by atoms with E-state index in [0.29, 0.717) is 0 Å². The smallest absolute Gasteiger partial charge is 0.251 e. The number of hydrogen-bond donors (Lipinski definition) is 2. The third-order valence-electron chi connectivity index (χ3n) is 3.71.